The Hall–Kier alpha value is -1.88. The van der Waals surface area contributed by atoms with Gasteiger partial charge in [0.05, 0.1) is 12.2 Å². The van der Waals surface area contributed by atoms with Gasteiger partial charge in [-0.15, -0.1) is 0 Å². The van der Waals surface area contributed by atoms with E-state index in [9.17, 15) is 9.59 Å². The monoisotopic (exact) mass is 276 g/mol. The van der Waals surface area contributed by atoms with Crippen molar-refractivity contribution in [1.29, 1.82) is 0 Å². The van der Waals surface area contributed by atoms with Crippen molar-refractivity contribution in [1.82, 2.24) is 0 Å². The van der Waals surface area contributed by atoms with Gasteiger partial charge >= 0.3 is 6.09 Å². The molecule has 0 saturated heterocycles. The summed E-state index contributed by atoms with van der Waals surface area (Å²) in [5, 5.41) is 0. The number of carbonyl (C=O) groups excluding carboxylic acids is 2. The van der Waals surface area contributed by atoms with Crippen LogP contribution in [-0.2, 0) is 11.2 Å². The number of nitrogens with zero attached hydrogens (tertiary/aromatic N) is 1. The van der Waals surface area contributed by atoms with E-state index in [1.807, 2.05) is 26.8 Å². The molecule has 0 unspecified atom stereocenters. The van der Waals surface area contributed by atoms with E-state index in [0.717, 1.165) is 17.7 Å². The lowest BCUT2D eigenvalue weighted by Gasteiger charge is -2.24. The molecule has 0 bridgehead atoms. The minimum atomic E-state index is -0.519. The third kappa shape index (κ3) is 2.99. The lowest BCUT2D eigenvalue weighted by atomic mass is 10.1. The molecule has 2 rings (SSSR count). The highest BCUT2D eigenvalue weighted by atomic mass is 16.6. The van der Waals surface area contributed by atoms with Gasteiger partial charge in [0.25, 0.3) is 0 Å². The lowest BCUT2D eigenvalue weighted by Crippen LogP contribution is -2.35. The van der Waals surface area contributed by atoms with Gasteiger partial charge < -0.3 is 10.5 Å². The van der Waals surface area contributed by atoms with Crippen molar-refractivity contribution in [3.63, 3.8) is 0 Å². The van der Waals surface area contributed by atoms with Crippen LogP contribution in [-0.4, -0.2) is 30.6 Å². The molecule has 5 heteroatoms. The highest BCUT2D eigenvalue weighted by Crippen LogP contribution is 2.30. The Morgan fingerprint density at radius 2 is 2.05 bits per heavy atom. The molecule has 0 fully saturated rings. The molecule has 1 aromatic rings. The van der Waals surface area contributed by atoms with Crippen molar-refractivity contribution in [3.8, 4) is 0 Å². The van der Waals surface area contributed by atoms with Gasteiger partial charge in [-0.25, -0.2) is 4.79 Å². The van der Waals surface area contributed by atoms with E-state index >= 15 is 0 Å². The second-order valence-electron chi connectivity index (χ2n) is 5.85. The molecule has 108 valence electrons. The van der Waals surface area contributed by atoms with Crippen molar-refractivity contribution in [2.45, 2.75) is 32.8 Å². The zero-order valence-corrected chi connectivity index (χ0v) is 12.1. The number of anilines is 1. The molecule has 1 aromatic carbocycles. The Bertz CT molecular complexity index is 547. The molecule has 1 aliphatic heterocycles. The number of ketones is 1. The van der Waals surface area contributed by atoms with Crippen LogP contribution in [0, 0.1) is 0 Å². The van der Waals surface area contributed by atoms with Crippen LogP contribution < -0.4 is 10.6 Å². The fraction of sp³-hybridized carbons (Fsp3) is 0.467. The zero-order chi connectivity index (χ0) is 14.9. The molecule has 0 atom stereocenters. The average molecular weight is 276 g/mol. The van der Waals surface area contributed by atoms with Gasteiger partial charge in [0, 0.05) is 12.1 Å². The Morgan fingerprint density at radius 3 is 2.65 bits per heavy atom. The summed E-state index contributed by atoms with van der Waals surface area (Å²) in [6.45, 7) is 6.08. The molecule has 0 spiro atoms. The fourth-order valence-corrected chi connectivity index (χ4v) is 2.20. The molecule has 5 nitrogen and oxygen atoms in total. The second-order valence-corrected chi connectivity index (χ2v) is 5.85. The largest absolute Gasteiger partial charge is 0.443 e. The molecule has 0 aliphatic carbocycles. The second kappa shape index (κ2) is 5.25. The van der Waals surface area contributed by atoms with E-state index in [-0.39, 0.29) is 18.4 Å². The molecule has 0 saturated carbocycles. The van der Waals surface area contributed by atoms with Gasteiger partial charge in [-0.05, 0) is 51.0 Å². The van der Waals surface area contributed by atoms with E-state index in [1.54, 1.807) is 17.0 Å². The third-order valence-electron chi connectivity index (χ3n) is 3.10. The molecule has 1 heterocycles. The minimum Gasteiger partial charge on any atom is -0.443 e. The van der Waals surface area contributed by atoms with E-state index < -0.39 is 5.60 Å². The quantitative estimate of drug-likeness (QED) is 0.840. The highest BCUT2D eigenvalue weighted by molar-refractivity contribution is 5.99. The molecule has 20 heavy (non-hydrogen) atoms. The van der Waals surface area contributed by atoms with Gasteiger partial charge in [0.2, 0.25) is 0 Å². The first-order valence-electron chi connectivity index (χ1n) is 6.68. The van der Waals surface area contributed by atoms with Crippen LogP contribution >= 0.6 is 0 Å². The Morgan fingerprint density at radius 1 is 1.35 bits per heavy atom. The topological polar surface area (TPSA) is 72.6 Å². The Balaban J connectivity index is 2.21. The van der Waals surface area contributed by atoms with Gasteiger partial charge in [0.1, 0.15) is 5.60 Å². The van der Waals surface area contributed by atoms with Crippen LogP contribution in [0.5, 0.6) is 0 Å². The van der Waals surface area contributed by atoms with E-state index in [4.69, 9.17) is 10.5 Å². The number of benzene rings is 1. The first kappa shape index (κ1) is 14.5. The predicted molar refractivity (Wildman–Crippen MR) is 77.1 cm³/mol. The van der Waals surface area contributed by atoms with Crippen LogP contribution in [0.4, 0.5) is 10.5 Å². The standard InChI is InChI=1S/C15H20N2O3/c1-15(2,3)20-14(19)17-7-6-10-8-11(13(18)9-16)4-5-12(10)17/h4-5,8H,6-7,9,16H2,1-3H3. The van der Waals surface area contributed by atoms with Gasteiger partial charge in [-0.2, -0.15) is 0 Å². The lowest BCUT2D eigenvalue weighted by molar-refractivity contribution is 0.0584. The van der Waals surface area contributed by atoms with Crippen LogP contribution in [0.3, 0.4) is 0 Å². The summed E-state index contributed by atoms with van der Waals surface area (Å²) in [5.41, 5.74) is 7.23. The van der Waals surface area contributed by atoms with Crippen LogP contribution in [0.2, 0.25) is 0 Å². The Kier molecular flexibility index (Phi) is 3.81. The summed E-state index contributed by atoms with van der Waals surface area (Å²) in [5.74, 6) is -0.0940. The number of amides is 1. The van der Waals surface area contributed by atoms with E-state index in [0.29, 0.717) is 12.1 Å². The summed E-state index contributed by atoms with van der Waals surface area (Å²) < 4.78 is 5.38. The summed E-state index contributed by atoms with van der Waals surface area (Å²) in [7, 11) is 0. The maximum Gasteiger partial charge on any atom is 0.414 e. The van der Waals surface area contributed by atoms with Crippen molar-refractivity contribution in [3.05, 3.63) is 29.3 Å². The summed E-state index contributed by atoms with van der Waals surface area (Å²) in [6, 6.07) is 5.31. The number of hydrogen-bond acceptors (Lipinski definition) is 4. The Labute approximate surface area is 118 Å². The maximum atomic E-state index is 12.1. The number of Topliss-reactive ketones (excluding diaryl/α,β-unsaturated/α-hetero) is 1. The number of carbonyl (C=O) groups is 2. The molecule has 1 amide bonds. The van der Waals surface area contributed by atoms with Crippen molar-refractivity contribution >= 4 is 17.6 Å². The van der Waals surface area contributed by atoms with Crippen LogP contribution in [0.25, 0.3) is 0 Å². The molecule has 2 N–H and O–H groups in total. The van der Waals surface area contributed by atoms with Crippen molar-refractivity contribution < 1.29 is 14.3 Å². The number of ether oxygens (including phenoxy) is 1. The normalized spacial score (nSPS) is 14.1. The smallest absolute Gasteiger partial charge is 0.414 e. The fourth-order valence-electron chi connectivity index (χ4n) is 2.20. The molecular formula is C15H20N2O3. The van der Waals surface area contributed by atoms with E-state index in [2.05, 4.69) is 0 Å². The average Bonchev–Trinajstić information content (AvgIpc) is 2.78. The van der Waals surface area contributed by atoms with E-state index in [1.165, 1.54) is 0 Å². The summed E-state index contributed by atoms with van der Waals surface area (Å²) in [6.07, 6.45) is 0.370. The first-order valence-corrected chi connectivity index (χ1v) is 6.68. The zero-order valence-electron chi connectivity index (χ0n) is 12.1. The highest BCUT2D eigenvalue weighted by Gasteiger charge is 2.29. The van der Waals surface area contributed by atoms with Crippen molar-refractivity contribution in [2.75, 3.05) is 18.0 Å². The van der Waals surface area contributed by atoms with Crippen LogP contribution in [0.1, 0.15) is 36.7 Å². The minimum absolute atomic E-state index is 0.00539. The number of hydrogen-bond donors (Lipinski definition) is 1. The molecular weight excluding hydrogens is 256 g/mol. The van der Waals surface area contributed by atoms with Gasteiger partial charge in [0.15, 0.2) is 5.78 Å². The third-order valence-corrected chi connectivity index (χ3v) is 3.10. The number of fused-ring (bicyclic) bond motifs is 1. The van der Waals surface area contributed by atoms with Crippen molar-refractivity contribution in [2.24, 2.45) is 5.73 Å². The predicted octanol–water partition coefficient (Wildman–Crippen LogP) is 2.13. The maximum absolute atomic E-state index is 12.1. The summed E-state index contributed by atoms with van der Waals surface area (Å²) in [4.78, 5) is 25.3. The first-order chi connectivity index (χ1) is 9.31. The molecule has 1 aliphatic rings. The number of nitrogens with two attached hydrogens (primary N) is 1. The molecule has 0 aromatic heterocycles. The van der Waals surface area contributed by atoms with Gasteiger partial charge in [-0.3, -0.25) is 9.69 Å². The number of rotatable bonds is 2. The summed E-state index contributed by atoms with van der Waals surface area (Å²) >= 11 is 0. The van der Waals surface area contributed by atoms with Gasteiger partial charge in [-0.1, -0.05) is 0 Å². The molecule has 0 radical (unpaired) electrons. The SMILES string of the molecule is CC(C)(C)OC(=O)N1CCc2cc(C(=O)CN)ccc21. The van der Waals surface area contributed by atoms with Crippen LogP contribution in [0.15, 0.2) is 18.2 Å².